The highest BCUT2D eigenvalue weighted by atomic mass is 16.7. The Labute approximate surface area is 173 Å². The van der Waals surface area contributed by atoms with Gasteiger partial charge in [0.25, 0.3) is 5.91 Å². The number of carbonyl (C=O) groups is 1. The fourth-order valence-electron chi connectivity index (χ4n) is 5.80. The SMILES string of the molecule is O=C(C[NH+]1CC[NH+](Cc2ccc3c(c2)OCO3)CC1)N1CC[C@@H]2CCCC[C@H]2C1. The first kappa shape index (κ1) is 19.2. The summed E-state index contributed by atoms with van der Waals surface area (Å²) in [5, 5.41) is 0. The molecule has 2 saturated heterocycles. The van der Waals surface area contributed by atoms with Crippen molar-refractivity contribution in [3.63, 3.8) is 0 Å². The molecular weight excluding hydrogens is 366 g/mol. The molecule has 0 aromatic heterocycles. The molecule has 2 atom stereocenters. The molecule has 0 unspecified atom stereocenters. The van der Waals surface area contributed by atoms with Gasteiger partial charge in [-0.1, -0.05) is 19.3 Å². The molecule has 3 heterocycles. The van der Waals surface area contributed by atoms with E-state index in [4.69, 9.17) is 9.47 Å². The summed E-state index contributed by atoms with van der Waals surface area (Å²) in [5.41, 5.74) is 1.30. The van der Waals surface area contributed by atoms with Gasteiger partial charge in [0.05, 0.1) is 0 Å². The Morgan fingerprint density at radius 3 is 2.59 bits per heavy atom. The van der Waals surface area contributed by atoms with Gasteiger partial charge < -0.3 is 24.2 Å². The van der Waals surface area contributed by atoms with Crippen molar-refractivity contribution in [2.45, 2.75) is 38.6 Å². The zero-order chi connectivity index (χ0) is 19.6. The predicted octanol–water partition coefficient (Wildman–Crippen LogP) is -0.263. The third kappa shape index (κ3) is 4.38. The maximum Gasteiger partial charge on any atom is 0.277 e. The third-order valence-corrected chi connectivity index (χ3v) is 7.60. The van der Waals surface area contributed by atoms with E-state index < -0.39 is 0 Å². The first-order chi connectivity index (χ1) is 14.2. The molecule has 6 nitrogen and oxygen atoms in total. The number of piperidine rings is 1. The van der Waals surface area contributed by atoms with Gasteiger partial charge in [0.15, 0.2) is 18.0 Å². The highest BCUT2D eigenvalue weighted by Crippen LogP contribution is 2.36. The average Bonchev–Trinajstić information content (AvgIpc) is 3.23. The lowest BCUT2D eigenvalue weighted by molar-refractivity contribution is -1.02. The Morgan fingerprint density at radius 2 is 1.72 bits per heavy atom. The Balaban J connectivity index is 1.07. The lowest BCUT2D eigenvalue weighted by atomic mass is 9.75. The fourth-order valence-corrected chi connectivity index (χ4v) is 5.80. The van der Waals surface area contributed by atoms with Crippen LogP contribution in [0.4, 0.5) is 0 Å². The maximum atomic E-state index is 12.9. The summed E-state index contributed by atoms with van der Waals surface area (Å²) in [6, 6.07) is 6.29. The number of ether oxygens (including phenoxy) is 2. The molecule has 5 rings (SSSR count). The first-order valence-corrected chi connectivity index (χ1v) is 11.6. The van der Waals surface area contributed by atoms with Crippen molar-refractivity contribution in [2.24, 2.45) is 11.8 Å². The second-order valence-electron chi connectivity index (χ2n) is 9.47. The molecule has 1 saturated carbocycles. The number of likely N-dealkylation sites (tertiary alicyclic amines) is 1. The molecule has 3 aliphatic heterocycles. The summed E-state index contributed by atoms with van der Waals surface area (Å²) < 4.78 is 10.9. The van der Waals surface area contributed by atoms with E-state index in [1.54, 1.807) is 4.90 Å². The number of fused-ring (bicyclic) bond motifs is 2. The Morgan fingerprint density at radius 1 is 0.966 bits per heavy atom. The van der Waals surface area contributed by atoms with Gasteiger partial charge in [-0.2, -0.15) is 0 Å². The van der Waals surface area contributed by atoms with Crippen LogP contribution < -0.4 is 19.3 Å². The summed E-state index contributed by atoms with van der Waals surface area (Å²) in [7, 11) is 0. The van der Waals surface area contributed by atoms with Gasteiger partial charge in [0, 0.05) is 18.7 Å². The van der Waals surface area contributed by atoms with E-state index in [1.165, 1.54) is 42.6 Å². The number of hydrogen-bond acceptors (Lipinski definition) is 3. The highest BCUT2D eigenvalue weighted by molar-refractivity contribution is 5.77. The van der Waals surface area contributed by atoms with E-state index in [9.17, 15) is 4.79 Å². The third-order valence-electron chi connectivity index (χ3n) is 7.60. The summed E-state index contributed by atoms with van der Waals surface area (Å²) in [4.78, 5) is 18.1. The molecule has 2 N–H and O–H groups in total. The van der Waals surface area contributed by atoms with Crippen LogP contribution in [0.3, 0.4) is 0 Å². The molecule has 0 spiro atoms. The summed E-state index contributed by atoms with van der Waals surface area (Å²) in [6.07, 6.45) is 6.73. The number of rotatable bonds is 4. The Hall–Kier alpha value is -1.79. The first-order valence-electron chi connectivity index (χ1n) is 11.6. The van der Waals surface area contributed by atoms with E-state index in [1.807, 2.05) is 6.07 Å². The largest absolute Gasteiger partial charge is 0.454 e. The highest BCUT2D eigenvalue weighted by Gasteiger charge is 2.34. The minimum Gasteiger partial charge on any atom is -0.454 e. The number of quaternary nitrogens is 2. The number of nitrogens with zero attached hydrogens (tertiary/aromatic N) is 1. The molecule has 6 heteroatoms. The molecule has 1 amide bonds. The van der Waals surface area contributed by atoms with E-state index in [0.29, 0.717) is 19.2 Å². The van der Waals surface area contributed by atoms with Crippen LogP contribution in [0, 0.1) is 11.8 Å². The normalized spacial score (nSPS) is 31.4. The second kappa shape index (κ2) is 8.52. The fraction of sp³-hybridized carbons (Fsp3) is 0.696. The lowest BCUT2D eigenvalue weighted by Crippen LogP contribution is -3.28. The van der Waals surface area contributed by atoms with Gasteiger partial charge >= 0.3 is 0 Å². The van der Waals surface area contributed by atoms with E-state index in [-0.39, 0.29) is 0 Å². The second-order valence-corrected chi connectivity index (χ2v) is 9.47. The van der Waals surface area contributed by atoms with E-state index in [0.717, 1.165) is 69.1 Å². The zero-order valence-corrected chi connectivity index (χ0v) is 17.5. The number of piperazine rings is 1. The topological polar surface area (TPSA) is 47.7 Å². The Bertz CT molecular complexity index is 732. The number of amides is 1. The monoisotopic (exact) mass is 401 g/mol. The van der Waals surface area contributed by atoms with E-state index >= 15 is 0 Å². The lowest BCUT2D eigenvalue weighted by Gasteiger charge is -2.41. The van der Waals surface area contributed by atoms with Gasteiger partial charge in [-0.3, -0.25) is 4.79 Å². The number of benzene rings is 1. The summed E-state index contributed by atoms with van der Waals surface area (Å²) in [5.74, 6) is 3.79. The van der Waals surface area contributed by atoms with Crippen molar-refractivity contribution in [1.82, 2.24) is 4.90 Å². The van der Waals surface area contributed by atoms with Gasteiger partial charge in [-0.15, -0.1) is 0 Å². The molecule has 3 fully saturated rings. The van der Waals surface area contributed by atoms with Crippen LogP contribution in [0.2, 0.25) is 0 Å². The van der Waals surface area contributed by atoms with Crippen molar-refractivity contribution < 1.29 is 24.1 Å². The summed E-state index contributed by atoms with van der Waals surface area (Å²) in [6.45, 7) is 8.50. The van der Waals surface area contributed by atoms with E-state index in [2.05, 4.69) is 17.0 Å². The number of nitrogens with one attached hydrogen (secondary N) is 2. The maximum absolute atomic E-state index is 12.9. The van der Waals surface area contributed by atoms with Crippen molar-refractivity contribution in [1.29, 1.82) is 0 Å². The summed E-state index contributed by atoms with van der Waals surface area (Å²) >= 11 is 0. The molecule has 1 aliphatic carbocycles. The zero-order valence-electron chi connectivity index (χ0n) is 17.5. The molecule has 29 heavy (non-hydrogen) atoms. The van der Waals surface area contributed by atoms with Crippen LogP contribution in [-0.2, 0) is 11.3 Å². The minimum atomic E-state index is 0.333. The molecule has 1 aromatic rings. The van der Waals surface area contributed by atoms with Gasteiger partial charge in [-0.05, 0) is 42.9 Å². The molecule has 0 radical (unpaired) electrons. The van der Waals surface area contributed by atoms with Crippen molar-refractivity contribution in [3.8, 4) is 11.5 Å². The van der Waals surface area contributed by atoms with Crippen LogP contribution in [0.5, 0.6) is 11.5 Å². The van der Waals surface area contributed by atoms with Gasteiger partial charge in [-0.25, -0.2) is 0 Å². The standard InChI is InChI=1S/C23H33N3O3/c27-23(26-8-7-19-3-1-2-4-20(19)15-26)16-25-11-9-24(10-12-25)14-18-5-6-21-22(13-18)29-17-28-21/h5-6,13,19-20H,1-4,7-12,14-17H2/p+2/t19-,20-/m0/s1. The quantitative estimate of drug-likeness (QED) is 0.731. The molecule has 0 bridgehead atoms. The molecule has 1 aromatic carbocycles. The van der Waals surface area contributed by atoms with Crippen LogP contribution >= 0.6 is 0 Å². The van der Waals surface area contributed by atoms with Crippen molar-refractivity contribution in [2.75, 3.05) is 52.6 Å². The smallest absolute Gasteiger partial charge is 0.277 e. The molecule has 158 valence electrons. The number of hydrogen-bond donors (Lipinski definition) is 2. The van der Waals surface area contributed by atoms with Crippen LogP contribution in [0.1, 0.15) is 37.7 Å². The van der Waals surface area contributed by atoms with Crippen LogP contribution in [-0.4, -0.2) is 63.4 Å². The average molecular weight is 402 g/mol. The number of carbonyl (C=O) groups excluding carboxylic acids is 1. The predicted molar refractivity (Wildman–Crippen MR) is 109 cm³/mol. The molecular formula is C23H35N3O3+2. The van der Waals surface area contributed by atoms with Crippen LogP contribution in [0.15, 0.2) is 18.2 Å². The Kier molecular flexibility index (Phi) is 5.64. The van der Waals surface area contributed by atoms with Gasteiger partial charge in [0.2, 0.25) is 6.79 Å². The van der Waals surface area contributed by atoms with Gasteiger partial charge in [0.1, 0.15) is 32.7 Å². The van der Waals surface area contributed by atoms with Crippen molar-refractivity contribution in [3.05, 3.63) is 23.8 Å². The molecule has 4 aliphatic rings. The van der Waals surface area contributed by atoms with Crippen molar-refractivity contribution >= 4 is 5.91 Å². The van der Waals surface area contributed by atoms with Crippen LogP contribution in [0.25, 0.3) is 0 Å². The minimum absolute atomic E-state index is 0.333.